The van der Waals surface area contributed by atoms with Gasteiger partial charge in [0.1, 0.15) is 0 Å². The number of nitrogens with zero attached hydrogens (tertiary/aromatic N) is 1. The summed E-state index contributed by atoms with van der Waals surface area (Å²) in [6.45, 7) is 8.72. The van der Waals surface area contributed by atoms with Crippen molar-refractivity contribution in [1.29, 1.82) is 0 Å². The van der Waals surface area contributed by atoms with Crippen LogP contribution in [0.25, 0.3) is 0 Å². The van der Waals surface area contributed by atoms with Gasteiger partial charge < -0.3 is 10.6 Å². The van der Waals surface area contributed by atoms with Crippen LogP contribution in [0, 0.1) is 23.7 Å². The molecule has 110 valence electrons. The Morgan fingerprint density at radius 1 is 1.16 bits per heavy atom. The van der Waals surface area contributed by atoms with Crippen molar-refractivity contribution < 1.29 is 4.79 Å². The Balaban J connectivity index is 1.90. The van der Waals surface area contributed by atoms with Crippen molar-refractivity contribution >= 4 is 5.91 Å². The molecule has 2 N–H and O–H groups in total. The number of hydrogen-bond acceptors (Lipinski definition) is 2. The van der Waals surface area contributed by atoms with Gasteiger partial charge in [-0.25, -0.2) is 0 Å². The van der Waals surface area contributed by atoms with Gasteiger partial charge in [0.25, 0.3) is 0 Å². The van der Waals surface area contributed by atoms with Crippen LogP contribution in [-0.2, 0) is 4.79 Å². The zero-order valence-corrected chi connectivity index (χ0v) is 12.8. The number of amides is 1. The monoisotopic (exact) mass is 266 g/mol. The van der Waals surface area contributed by atoms with Gasteiger partial charge in [-0.2, -0.15) is 0 Å². The summed E-state index contributed by atoms with van der Waals surface area (Å²) >= 11 is 0. The second-order valence-electron chi connectivity index (χ2n) is 7.10. The summed E-state index contributed by atoms with van der Waals surface area (Å²) < 4.78 is 0. The predicted octanol–water partition coefficient (Wildman–Crippen LogP) is 2.64. The summed E-state index contributed by atoms with van der Waals surface area (Å²) in [6, 6.07) is 0.0894. The molecule has 2 aliphatic rings. The van der Waals surface area contributed by atoms with Gasteiger partial charge in [-0.05, 0) is 49.9 Å². The highest BCUT2D eigenvalue weighted by Gasteiger charge is 2.35. The summed E-state index contributed by atoms with van der Waals surface area (Å²) in [7, 11) is 0. The van der Waals surface area contributed by atoms with Crippen LogP contribution in [0.5, 0.6) is 0 Å². The first-order chi connectivity index (χ1) is 8.99. The molecule has 0 spiro atoms. The van der Waals surface area contributed by atoms with Crippen molar-refractivity contribution in [2.24, 2.45) is 29.4 Å². The lowest BCUT2D eigenvalue weighted by molar-refractivity contribution is -0.139. The van der Waals surface area contributed by atoms with Crippen LogP contribution in [0.2, 0.25) is 0 Å². The van der Waals surface area contributed by atoms with Crippen LogP contribution in [0.3, 0.4) is 0 Å². The first-order valence-corrected chi connectivity index (χ1v) is 8.03. The molecule has 3 heteroatoms. The third kappa shape index (κ3) is 3.50. The molecule has 0 aromatic heterocycles. The summed E-state index contributed by atoms with van der Waals surface area (Å²) in [6.07, 6.45) is 5.52. The van der Waals surface area contributed by atoms with E-state index in [1.54, 1.807) is 0 Å². The summed E-state index contributed by atoms with van der Waals surface area (Å²) in [5.41, 5.74) is 6.18. The van der Waals surface area contributed by atoms with Crippen LogP contribution in [0.15, 0.2) is 0 Å². The summed E-state index contributed by atoms with van der Waals surface area (Å²) in [4.78, 5) is 14.7. The first-order valence-electron chi connectivity index (χ1n) is 8.03. The smallest absolute Gasteiger partial charge is 0.227 e. The second-order valence-corrected chi connectivity index (χ2v) is 7.10. The third-order valence-corrected chi connectivity index (χ3v) is 5.28. The molecule has 3 atom stereocenters. The molecular weight excluding hydrogens is 236 g/mol. The fourth-order valence-electron chi connectivity index (χ4n) is 3.71. The largest absolute Gasteiger partial charge is 0.342 e. The average Bonchev–Trinajstić information content (AvgIpc) is 2.41. The Kier molecular flexibility index (Phi) is 4.88. The summed E-state index contributed by atoms with van der Waals surface area (Å²) in [5.74, 6) is 2.61. The lowest BCUT2D eigenvalue weighted by atomic mass is 9.78. The SMILES string of the molecule is CC1CCC(N)C(C(=O)N2CCC(C(C)C)CC2)C1. The first kappa shape index (κ1) is 14.8. The number of piperidine rings is 1. The molecule has 0 aromatic rings. The molecule has 0 bridgehead atoms. The molecule has 1 aliphatic carbocycles. The minimum Gasteiger partial charge on any atom is -0.342 e. The zero-order valence-electron chi connectivity index (χ0n) is 12.8. The van der Waals surface area contributed by atoms with Crippen LogP contribution in [-0.4, -0.2) is 29.9 Å². The van der Waals surface area contributed by atoms with E-state index in [0.717, 1.165) is 37.8 Å². The Bertz CT molecular complexity index is 308. The molecule has 1 saturated heterocycles. The predicted molar refractivity (Wildman–Crippen MR) is 78.6 cm³/mol. The van der Waals surface area contributed by atoms with Gasteiger partial charge in [0, 0.05) is 19.1 Å². The van der Waals surface area contributed by atoms with E-state index >= 15 is 0 Å². The van der Waals surface area contributed by atoms with E-state index in [0.29, 0.717) is 11.8 Å². The maximum absolute atomic E-state index is 12.6. The number of likely N-dealkylation sites (tertiary alicyclic amines) is 1. The molecule has 19 heavy (non-hydrogen) atoms. The molecule has 1 saturated carbocycles. The molecular formula is C16H30N2O. The number of nitrogens with two attached hydrogens (primary N) is 1. The summed E-state index contributed by atoms with van der Waals surface area (Å²) in [5, 5.41) is 0. The Hall–Kier alpha value is -0.570. The number of hydrogen-bond donors (Lipinski definition) is 1. The third-order valence-electron chi connectivity index (χ3n) is 5.28. The van der Waals surface area contributed by atoms with E-state index in [9.17, 15) is 4.79 Å². The van der Waals surface area contributed by atoms with E-state index in [2.05, 4.69) is 25.7 Å². The zero-order chi connectivity index (χ0) is 14.0. The van der Waals surface area contributed by atoms with Crippen LogP contribution in [0.1, 0.15) is 52.9 Å². The van der Waals surface area contributed by atoms with Gasteiger partial charge in [0.15, 0.2) is 0 Å². The van der Waals surface area contributed by atoms with Crippen molar-refractivity contribution in [2.45, 2.75) is 58.9 Å². The number of carbonyl (C=O) groups is 1. The van der Waals surface area contributed by atoms with Gasteiger partial charge in [-0.3, -0.25) is 4.79 Å². The van der Waals surface area contributed by atoms with Crippen molar-refractivity contribution in [3.05, 3.63) is 0 Å². The van der Waals surface area contributed by atoms with Crippen LogP contribution < -0.4 is 5.73 Å². The van der Waals surface area contributed by atoms with E-state index in [1.165, 1.54) is 19.3 Å². The molecule has 1 aliphatic heterocycles. The maximum Gasteiger partial charge on any atom is 0.227 e. The fraction of sp³-hybridized carbons (Fsp3) is 0.938. The van der Waals surface area contributed by atoms with Gasteiger partial charge in [-0.15, -0.1) is 0 Å². The topological polar surface area (TPSA) is 46.3 Å². The molecule has 0 aromatic carbocycles. The standard InChI is InChI=1S/C16H30N2O/c1-11(2)13-6-8-18(9-7-13)16(19)14-10-12(3)4-5-15(14)17/h11-15H,4-10,17H2,1-3H3. The van der Waals surface area contributed by atoms with E-state index < -0.39 is 0 Å². The average molecular weight is 266 g/mol. The van der Waals surface area contributed by atoms with Crippen molar-refractivity contribution in [3.63, 3.8) is 0 Å². The van der Waals surface area contributed by atoms with Gasteiger partial charge in [0.2, 0.25) is 5.91 Å². The van der Waals surface area contributed by atoms with Gasteiger partial charge in [0.05, 0.1) is 5.92 Å². The molecule has 2 rings (SSSR count). The molecule has 3 nitrogen and oxygen atoms in total. The lowest BCUT2D eigenvalue weighted by Gasteiger charge is -2.39. The molecule has 0 radical (unpaired) electrons. The molecule has 2 fully saturated rings. The van der Waals surface area contributed by atoms with Crippen LogP contribution >= 0.6 is 0 Å². The Morgan fingerprint density at radius 2 is 1.79 bits per heavy atom. The normalized spacial score (nSPS) is 33.7. The second kappa shape index (κ2) is 6.25. The molecule has 3 unspecified atom stereocenters. The minimum atomic E-state index is 0.0827. The van der Waals surface area contributed by atoms with Crippen LogP contribution in [0.4, 0.5) is 0 Å². The Morgan fingerprint density at radius 3 is 2.37 bits per heavy atom. The molecule has 1 heterocycles. The highest BCUT2D eigenvalue weighted by Crippen LogP contribution is 2.31. The van der Waals surface area contributed by atoms with E-state index in [1.807, 2.05) is 0 Å². The van der Waals surface area contributed by atoms with E-state index in [-0.39, 0.29) is 12.0 Å². The number of rotatable bonds is 2. The molecule has 1 amide bonds. The van der Waals surface area contributed by atoms with Crippen molar-refractivity contribution in [3.8, 4) is 0 Å². The van der Waals surface area contributed by atoms with Crippen molar-refractivity contribution in [1.82, 2.24) is 4.90 Å². The van der Waals surface area contributed by atoms with Gasteiger partial charge >= 0.3 is 0 Å². The minimum absolute atomic E-state index is 0.0827. The maximum atomic E-state index is 12.6. The van der Waals surface area contributed by atoms with Gasteiger partial charge in [-0.1, -0.05) is 20.8 Å². The fourth-order valence-corrected chi connectivity index (χ4v) is 3.71. The van der Waals surface area contributed by atoms with Crippen molar-refractivity contribution in [2.75, 3.05) is 13.1 Å². The number of carbonyl (C=O) groups excluding carboxylic acids is 1. The lowest BCUT2D eigenvalue weighted by Crippen LogP contribution is -2.49. The van der Waals surface area contributed by atoms with E-state index in [4.69, 9.17) is 5.73 Å². The quantitative estimate of drug-likeness (QED) is 0.835. The Labute approximate surface area is 117 Å². The highest BCUT2D eigenvalue weighted by molar-refractivity contribution is 5.79. The highest BCUT2D eigenvalue weighted by atomic mass is 16.2.